The Kier molecular flexibility index (Phi) is 19.8. The van der Waals surface area contributed by atoms with E-state index < -0.39 is 5.60 Å². The molecule has 0 aromatic heterocycles. The molecule has 0 amide bonds. The van der Waals surface area contributed by atoms with Crippen molar-refractivity contribution in [1.82, 2.24) is 0 Å². The maximum Gasteiger partial charge on any atom is 2.00 e. The smallest absolute Gasteiger partial charge is 1.00 e. The van der Waals surface area contributed by atoms with Crippen molar-refractivity contribution < 1.29 is 41.1 Å². The molecular weight excluding hydrogens is 668 g/mol. The summed E-state index contributed by atoms with van der Waals surface area (Å²) in [5, 5.41) is 9.67. The van der Waals surface area contributed by atoms with E-state index >= 15 is 0 Å². The zero-order chi connectivity index (χ0) is 25.9. The molecule has 3 rings (SSSR count). The van der Waals surface area contributed by atoms with Crippen LogP contribution in [0.3, 0.4) is 0 Å². The third-order valence-corrected chi connectivity index (χ3v) is 7.79. The Morgan fingerprint density at radius 1 is 0.889 bits per heavy atom. The van der Waals surface area contributed by atoms with E-state index in [2.05, 4.69) is 57.4 Å². The number of aliphatic hydroxyl groups is 1. The van der Waals surface area contributed by atoms with Gasteiger partial charge in [-0.3, -0.25) is 4.79 Å². The van der Waals surface area contributed by atoms with Crippen molar-refractivity contribution in [3.8, 4) is 11.5 Å². The molecule has 0 unspecified atom stereocenters. The molecule has 0 heterocycles. The van der Waals surface area contributed by atoms with Crippen LogP contribution in [0, 0.1) is 34.6 Å². The molecule has 1 aliphatic rings. The van der Waals surface area contributed by atoms with Crippen molar-refractivity contribution in [2.45, 2.75) is 65.9 Å². The summed E-state index contributed by atoms with van der Waals surface area (Å²) < 4.78 is 17.9. The number of benzene rings is 2. The van der Waals surface area contributed by atoms with Crippen LogP contribution < -0.4 is 26.5 Å². The third kappa shape index (κ3) is 13.5. The molecule has 5 nitrogen and oxygen atoms in total. The summed E-state index contributed by atoms with van der Waals surface area (Å²) in [4.78, 5) is 10.9. The van der Waals surface area contributed by atoms with Crippen LogP contribution in [-0.2, 0) is 9.53 Å². The second-order valence-electron chi connectivity index (χ2n) is 8.24. The average molecular weight is 706 g/mol. The van der Waals surface area contributed by atoms with Crippen LogP contribution in [0.15, 0.2) is 33.2 Å². The van der Waals surface area contributed by atoms with Crippen LogP contribution in [0.1, 0.15) is 54.9 Å². The van der Waals surface area contributed by atoms with Crippen molar-refractivity contribution >= 4 is 60.9 Å². The van der Waals surface area contributed by atoms with Gasteiger partial charge < -0.3 is 43.2 Å². The minimum absolute atomic E-state index is 0. The Balaban J connectivity index is 0. The standard InChI is InChI=1S/C13H17BrO2.C12H15BrO3.C2H5.BrH.Mg/c1-9-7-11(8-10(2)12(9)14)16-6-5-13(15)3-4-13;1-8-6-10(7-9(2)12(8)13)16-5-4-11(14)15-3;1-2;;/h7-8,15H,3-6H2,1-2H3;6-7H,4-5H2,1-3H3;1H2,2H3;1H;/q;;-1;;+2/p-1. The molecule has 0 bridgehead atoms. The minimum atomic E-state index is -0.417. The Bertz CT molecular complexity index is 903. The number of esters is 1. The van der Waals surface area contributed by atoms with Crippen molar-refractivity contribution in [3.63, 3.8) is 0 Å². The summed E-state index contributed by atoms with van der Waals surface area (Å²) in [7, 11) is 1.37. The van der Waals surface area contributed by atoms with E-state index in [0.29, 0.717) is 13.2 Å². The summed E-state index contributed by atoms with van der Waals surface area (Å²) in [6.07, 6.45) is 2.86. The van der Waals surface area contributed by atoms with E-state index in [1.54, 1.807) is 6.92 Å². The van der Waals surface area contributed by atoms with Gasteiger partial charge in [-0.05, 0) is 87.1 Å². The zero-order valence-corrected chi connectivity index (χ0v) is 28.4. The van der Waals surface area contributed by atoms with Crippen molar-refractivity contribution in [2.24, 2.45) is 0 Å². The first-order valence-electron chi connectivity index (χ1n) is 11.3. The summed E-state index contributed by atoms with van der Waals surface area (Å²) in [5.41, 5.74) is 4.18. The molecule has 36 heavy (non-hydrogen) atoms. The van der Waals surface area contributed by atoms with Crippen LogP contribution in [0.5, 0.6) is 11.5 Å². The van der Waals surface area contributed by atoms with Gasteiger partial charge in [-0.1, -0.05) is 31.9 Å². The second kappa shape index (κ2) is 18.8. The molecule has 2 aromatic rings. The number of carbonyl (C=O) groups is 1. The van der Waals surface area contributed by atoms with Crippen LogP contribution in [0.2, 0.25) is 0 Å². The first-order valence-corrected chi connectivity index (χ1v) is 12.9. The average Bonchev–Trinajstić information content (AvgIpc) is 3.54. The molecule has 2 aromatic carbocycles. The molecule has 0 spiro atoms. The van der Waals surface area contributed by atoms with Gasteiger partial charge in [0.2, 0.25) is 0 Å². The van der Waals surface area contributed by atoms with E-state index in [4.69, 9.17) is 9.47 Å². The van der Waals surface area contributed by atoms with Crippen molar-refractivity contribution in [1.29, 1.82) is 0 Å². The molecule has 1 N–H and O–H groups in total. The number of hydrogen-bond acceptors (Lipinski definition) is 5. The van der Waals surface area contributed by atoms with Crippen molar-refractivity contribution in [2.75, 3.05) is 20.3 Å². The van der Waals surface area contributed by atoms with Gasteiger partial charge in [0.05, 0.1) is 32.3 Å². The number of carbonyl (C=O) groups excluding carboxylic acids is 1. The summed E-state index contributed by atoms with van der Waals surface area (Å²) in [6, 6.07) is 7.92. The largest absolute Gasteiger partial charge is 2.00 e. The molecule has 198 valence electrons. The van der Waals surface area contributed by atoms with Crippen LogP contribution in [0.4, 0.5) is 0 Å². The molecule has 0 atom stereocenters. The molecule has 1 aliphatic carbocycles. The monoisotopic (exact) mass is 702 g/mol. The van der Waals surface area contributed by atoms with Gasteiger partial charge in [-0.25, -0.2) is 0 Å². The SMILES string of the molecule is COC(=O)CCOc1cc(C)c(Br)c(C)c1.Cc1cc(OCCC2(O)CC2)cc(C)c1Br.[Br-].[CH2-]C.[Mg+2]. The van der Waals surface area contributed by atoms with Crippen LogP contribution >= 0.6 is 31.9 Å². The van der Waals surface area contributed by atoms with Crippen molar-refractivity contribution in [3.05, 3.63) is 62.4 Å². The predicted molar refractivity (Wildman–Crippen MR) is 150 cm³/mol. The first-order chi connectivity index (χ1) is 16.0. The first kappa shape index (κ1) is 37.8. The van der Waals surface area contributed by atoms with Gasteiger partial charge in [0, 0.05) is 15.4 Å². The maximum atomic E-state index is 10.9. The quantitative estimate of drug-likeness (QED) is 0.257. The molecule has 9 heteroatoms. The normalized spacial score (nSPS) is 12.3. The maximum absolute atomic E-state index is 10.9. The Labute approximate surface area is 260 Å². The van der Waals surface area contributed by atoms with E-state index in [9.17, 15) is 9.90 Å². The fraction of sp³-hybridized carbons (Fsp3) is 0.481. The van der Waals surface area contributed by atoms with Gasteiger partial charge >= 0.3 is 29.0 Å². The van der Waals surface area contributed by atoms with Gasteiger partial charge in [0.15, 0.2) is 0 Å². The Morgan fingerprint density at radius 2 is 1.25 bits per heavy atom. The molecule has 1 fully saturated rings. The Hall–Kier alpha value is -0.324. The number of ether oxygens (including phenoxy) is 3. The Morgan fingerprint density at radius 3 is 1.58 bits per heavy atom. The summed E-state index contributed by atoms with van der Waals surface area (Å²) in [6.45, 7) is 14.1. The number of halogens is 3. The molecule has 1 saturated carbocycles. The van der Waals surface area contributed by atoms with Crippen LogP contribution in [-0.4, -0.2) is 60.1 Å². The fourth-order valence-electron chi connectivity index (χ4n) is 3.09. The predicted octanol–water partition coefficient (Wildman–Crippen LogP) is 3.83. The number of methoxy groups -OCH3 is 1. The number of rotatable bonds is 8. The zero-order valence-electron chi connectivity index (χ0n) is 22.2. The van der Waals surface area contributed by atoms with Crippen LogP contribution in [0.25, 0.3) is 0 Å². The fourth-order valence-corrected chi connectivity index (χ4v) is 3.54. The topological polar surface area (TPSA) is 65.0 Å². The number of hydrogen-bond donors (Lipinski definition) is 1. The van der Waals surface area contributed by atoms with E-state index in [1.165, 1.54) is 18.2 Å². The minimum Gasteiger partial charge on any atom is -1.00 e. The molecule has 0 saturated heterocycles. The third-order valence-electron chi connectivity index (χ3n) is 5.29. The van der Waals surface area contributed by atoms with Gasteiger partial charge in [-0.2, -0.15) is 6.92 Å². The van der Waals surface area contributed by atoms with Gasteiger partial charge in [0.25, 0.3) is 0 Å². The molecular formula is C27H37Br3MgO5. The molecule has 0 aliphatic heterocycles. The second-order valence-corrected chi connectivity index (χ2v) is 9.83. The summed E-state index contributed by atoms with van der Waals surface area (Å²) >= 11 is 7.01. The van der Waals surface area contributed by atoms with E-state index in [-0.39, 0.29) is 52.4 Å². The van der Waals surface area contributed by atoms with E-state index in [0.717, 1.165) is 50.8 Å². The van der Waals surface area contributed by atoms with E-state index in [1.807, 2.05) is 38.1 Å². The van der Waals surface area contributed by atoms with Gasteiger partial charge in [0.1, 0.15) is 11.5 Å². The number of aryl methyl sites for hydroxylation is 4. The van der Waals surface area contributed by atoms with Gasteiger partial charge in [-0.15, -0.1) is 0 Å². The summed E-state index contributed by atoms with van der Waals surface area (Å²) in [5.74, 6) is 1.41. The molecule has 0 radical (unpaired) electrons.